The van der Waals surface area contributed by atoms with Crippen LogP contribution in [0.4, 0.5) is 0 Å². The topological polar surface area (TPSA) is 95.1 Å². The molecule has 0 unspecified atom stereocenters. The Morgan fingerprint density at radius 2 is 2.00 bits per heavy atom. The van der Waals surface area contributed by atoms with E-state index in [9.17, 15) is 8.42 Å². The number of nitrogens with zero attached hydrogens (tertiary/aromatic N) is 1. The van der Waals surface area contributed by atoms with Gasteiger partial charge >= 0.3 is 0 Å². The Kier molecular flexibility index (Phi) is 5.11. The van der Waals surface area contributed by atoms with E-state index >= 15 is 0 Å². The van der Waals surface area contributed by atoms with Gasteiger partial charge in [-0.1, -0.05) is 13.8 Å². The fourth-order valence-corrected chi connectivity index (χ4v) is 3.55. The van der Waals surface area contributed by atoms with Crippen molar-refractivity contribution in [3.8, 4) is 0 Å². The third kappa shape index (κ3) is 4.29. The summed E-state index contributed by atoms with van der Waals surface area (Å²) in [4.78, 5) is 0.227. The lowest BCUT2D eigenvalue weighted by molar-refractivity contribution is 0.242. The largest absolute Gasteiger partial charge is 0.396 e. The molecule has 0 saturated heterocycles. The lowest BCUT2D eigenvalue weighted by Gasteiger charge is -2.24. The van der Waals surface area contributed by atoms with Crippen LogP contribution in [0.15, 0.2) is 4.90 Å². The average Bonchev–Trinajstić information content (AvgIpc) is 2.65. The van der Waals surface area contributed by atoms with Gasteiger partial charge in [0.2, 0.25) is 10.0 Å². The van der Waals surface area contributed by atoms with Crippen LogP contribution in [0, 0.1) is 19.3 Å². The van der Waals surface area contributed by atoms with Crippen LogP contribution in [0.5, 0.6) is 0 Å². The van der Waals surface area contributed by atoms with E-state index < -0.39 is 10.0 Å². The molecule has 1 heterocycles. The number of aliphatic hydroxyl groups is 1. The molecule has 0 aliphatic rings. The highest BCUT2D eigenvalue weighted by atomic mass is 32.2. The first-order valence-corrected chi connectivity index (χ1v) is 7.80. The second kappa shape index (κ2) is 6.02. The molecule has 0 amide bonds. The minimum atomic E-state index is -3.54. The number of H-pyrrole nitrogens is 1. The van der Waals surface area contributed by atoms with Crippen LogP contribution >= 0.6 is 0 Å². The van der Waals surface area contributed by atoms with Crippen molar-refractivity contribution in [3.05, 3.63) is 11.4 Å². The second-order valence-electron chi connectivity index (χ2n) is 5.58. The Labute approximate surface area is 114 Å². The van der Waals surface area contributed by atoms with Gasteiger partial charge in [-0.25, -0.2) is 13.1 Å². The molecule has 0 radical (unpaired) electrons. The van der Waals surface area contributed by atoms with Gasteiger partial charge in [-0.05, 0) is 32.1 Å². The van der Waals surface area contributed by atoms with E-state index in [1.165, 1.54) is 0 Å². The molecule has 0 fully saturated rings. The molecular formula is C12H23N3O3S. The molecule has 0 aliphatic heterocycles. The summed E-state index contributed by atoms with van der Waals surface area (Å²) < 4.78 is 27.1. The third-order valence-electron chi connectivity index (χ3n) is 3.08. The van der Waals surface area contributed by atoms with Crippen molar-refractivity contribution in [2.45, 2.75) is 45.4 Å². The molecule has 7 heteroatoms. The fraction of sp³-hybridized carbons (Fsp3) is 0.750. The summed E-state index contributed by atoms with van der Waals surface area (Å²) in [5.41, 5.74) is 0.817. The molecule has 0 bridgehead atoms. The van der Waals surface area contributed by atoms with Crippen LogP contribution < -0.4 is 4.72 Å². The van der Waals surface area contributed by atoms with Gasteiger partial charge in [-0.15, -0.1) is 0 Å². The highest BCUT2D eigenvalue weighted by molar-refractivity contribution is 7.89. The van der Waals surface area contributed by atoms with E-state index in [-0.39, 0.29) is 16.9 Å². The molecule has 6 nitrogen and oxygen atoms in total. The molecule has 1 aromatic heterocycles. The molecule has 0 atom stereocenters. The minimum Gasteiger partial charge on any atom is -0.396 e. The Balaban J connectivity index is 2.77. The summed E-state index contributed by atoms with van der Waals surface area (Å²) in [6, 6.07) is 0. The van der Waals surface area contributed by atoms with Crippen molar-refractivity contribution >= 4 is 10.0 Å². The summed E-state index contributed by atoms with van der Waals surface area (Å²) in [5, 5.41) is 15.4. The first-order chi connectivity index (χ1) is 8.69. The standard InChI is InChI=1S/C12H23N3O3S/c1-9-11(10(2)15-14-9)19(17,18)13-8-12(3,4)6-5-7-16/h13,16H,5-8H2,1-4H3,(H,14,15). The Morgan fingerprint density at radius 3 is 2.47 bits per heavy atom. The zero-order valence-electron chi connectivity index (χ0n) is 11.9. The Bertz CT molecular complexity index is 501. The number of aromatic amines is 1. The molecular weight excluding hydrogens is 266 g/mol. The molecule has 3 N–H and O–H groups in total. The predicted molar refractivity (Wildman–Crippen MR) is 73.4 cm³/mol. The van der Waals surface area contributed by atoms with Crippen LogP contribution in [-0.4, -0.2) is 36.9 Å². The quantitative estimate of drug-likeness (QED) is 0.700. The number of nitrogens with one attached hydrogen (secondary N) is 2. The molecule has 110 valence electrons. The van der Waals surface area contributed by atoms with E-state index in [0.29, 0.717) is 24.4 Å². The van der Waals surface area contributed by atoms with E-state index in [0.717, 1.165) is 6.42 Å². The van der Waals surface area contributed by atoms with Crippen molar-refractivity contribution in [2.24, 2.45) is 5.41 Å². The van der Waals surface area contributed by atoms with Crippen molar-refractivity contribution in [3.63, 3.8) is 0 Å². The SMILES string of the molecule is Cc1n[nH]c(C)c1S(=O)(=O)NCC(C)(C)CCCO. The van der Waals surface area contributed by atoms with Crippen molar-refractivity contribution in [1.29, 1.82) is 0 Å². The number of aliphatic hydroxyl groups excluding tert-OH is 1. The number of hydrogen-bond donors (Lipinski definition) is 3. The van der Waals surface area contributed by atoms with E-state index in [1.807, 2.05) is 13.8 Å². The van der Waals surface area contributed by atoms with Crippen LogP contribution in [-0.2, 0) is 10.0 Å². The van der Waals surface area contributed by atoms with Gasteiger partial charge in [-0.3, -0.25) is 5.10 Å². The predicted octanol–water partition coefficient (Wildman–Crippen LogP) is 1.10. The smallest absolute Gasteiger partial charge is 0.244 e. The molecule has 1 rings (SSSR count). The lowest BCUT2D eigenvalue weighted by Crippen LogP contribution is -2.34. The van der Waals surface area contributed by atoms with Crippen LogP contribution in [0.2, 0.25) is 0 Å². The Hall–Kier alpha value is -0.920. The van der Waals surface area contributed by atoms with Gasteiger partial charge in [0.05, 0.1) is 11.4 Å². The number of aromatic nitrogens is 2. The average molecular weight is 289 g/mol. The van der Waals surface area contributed by atoms with E-state index in [2.05, 4.69) is 14.9 Å². The summed E-state index contributed by atoms with van der Waals surface area (Å²) in [6.07, 6.45) is 1.42. The number of hydrogen-bond acceptors (Lipinski definition) is 4. The first kappa shape index (κ1) is 16.1. The molecule has 19 heavy (non-hydrogen) atoms. The van der Waals surface area contributed by atoms with E-state index in [1.54, 1.807) is 13.8 Å². The Morgan fingerprint density at radius 1 is 1.37 bits per heavy atom. The maximum atomic E-state index is 12.2. The van der Waals surface area contributed by atoms with Crippen molar-refractivity contribution < 1.29 is 13.5 Å². The summed E-state index contributed by atoms with van der Waals surface area (Å²) in [5.74, 6) is 0. The summed E-state index contributed by atoms with van der Waals surface area (Å²) in [6.45, 7) is 7.75. The summed E-state index contributed by atoms with van der Waals surface area (Å²) >= 11 is 0. The van der Waals surface area contributed by atoms with Gasteiger partial charge in [0.15, 0.2) is 0 Å². The number of aryl methyl sites for hydroxylation is 2. The van der Waals surface area contributed by atoms with Gasteiger partial charge < -0.3 is 5.11 Å². The van der Waals surface area contributed by atoms with Crippen molar-refractivity contribution in [2.75, 3.05) is 13.2 Å². The molecule has 0 aliphatic carbocycles. The van der Waals surface area contributed by atoms with Gasteiger partial charge in [-0.2, -0.15) is 5.10 Å². The maximum absolute atomic E-state index is 12.2. The lowest BCUT2D eigenvalue weighted by atomic mass is 9.88. The van der Waals surface area contributed by atoms with Crippen LogP contribution in [0.3, 0.4) is 0 Å². The highest BCUT2D eigenvalue weighted by Crippen LogP contribution is 2.23. The third-order valence-corrected chi connectivity index (χ3v) is 4.75. The molecule has 0 spiro atoms. The van der Waals surface area contributed by atoms with E-state index in [4.69, 9.17) is 5.11 Å². The van der Waals surface area contributed by atoms with Gasteiger partial charge in [0, 0.05) is 13.2 Å². The van der Waals surface area contributed by atoms with Crippen LogP contribution in [0.1, 0.15) is 38.1 Å². The van der Waals surface area contributed by atoms with Crippen molar-refractivity contribution in [1.82, 2.24) is 14.9 Å². The zero-order chi connectivity index (χ0) is 14.7. The van der Waals surface area contributed by atoms with Gasteiger partial charge in [0.1, 0.15) is 4.90 Å². The van der Waals surface area contributed by atoms with Gasteiger partial charge in [0.25, 0.3) is 0 Å². The maximum Gasteiger partial charge on any atom is 0.244 e. The fourth-order valence-electron chi connectivity index (χ4n) is 1.95. The molecule has 0 saturated carbocycles. The number of rotatable bonds is 7. The van der Waals surface area contributed by atoms with Crippen LogP contribution in [0.25, 0.3) is 0 Å². The monoisotopic (exact) mass is 289 g/mol. The second-order valence-corrected chi connectivity index (χ2v) is 7.28. The number of sulfonamides is 1. The first-order valence-electron chi connectivity index (χ1n) is 6.32. The molecule has 0 aromatic carbocycles. The summed E-state index contributed by atoms with van der Waals surface area (Å²) in [7, 11) is -3.54. The normalized spacial score (nSPS) is 12.9. The zero-order valence-corrected chi connectivity index (χ0v) is 12.8. The highest BCUT2D eigenvalue weighted by Gasteiger charge is 2.25. The minimum absolute atomic E-state index is 0.121. The molecule has 1 aromatic rings.